The van der Waals surface area contributed by atoms with E-state index in [1.807, 2.05) is 34.6 Å². The minimum absolute atomic E-state index is 0.0814. The zero-order chi connectivity index (χ0) is 34.4. The number of nitrogens with zero attached hydrogens (tertiary/aromatic N) is 3. The van der Waals surface area contributed by atoms with Gasteiger partial charge in [0.1, 0.15) is 11.4 Å². The number of carbonyl (C=O) groups excluding carboxylic acids is 2. The van der Waals surface area contributed by atoms with Gasteiger partial charge in [-0.2, -0.15) is 0 Å². The Morgan fingerprint density at radius 2 is 1.51 bits per heavy atom. The molecule has 3 aliphatic rings. The lowest BCUT2D eigenvalue weighted by Gasteiger charge is -2.50. The van der Waals surface area contributed by atoms with Crippen molar-refractivity contribution >= 4 is 26.5 Å². The van der Waals surface area contributed by atoms with Crippen LogP contribution in [0.15, 0.2) is 48.5 Å². The standard InChI is InChI=1S/C37H54N3O4P.C2H6/c1-36(2,3)32-24-39(20-21-40(32)33(41)22-26-16-18-38(19-17-26)35(42)44-37(4,5)6)34(28-10-8-7-9-11-28)29-14-15-30(31(45)23-29)43-25-27-12-13-27;1-2/h7-11,14-15,23,26-27,32,34H,12-13,16-22,24-25,45H2,1-6H3;1-2H3. The number of amides is 2. The summed E-state index contributed by atoms with van der Waals surface area (Å²) < 4.78 is 11.7. The molecule has 7 nitrogen and oxygen atoms in total. The molecule has 3 atom stereocenters. The van der Waals surface area contributed by atoms with Crippen LogP contribution in [-0.2, 0) is 9.53 Å². The van der Waals surface area contributed by atoms with Crippen molar-refractivity contribution in [1.29, 1.82) is 0 Å². The molecule has 0 radical (unpaired) electrons. The molecule has 2 amide bonds. The molecule has 3 fully saturated rings. The highest BCUT2D eigenvalue weighted by molar-refractivity contribution is 7.27. The Balaban J connectivity index is 0.00000245. The molecule has 3 unspecified atom stereocenters. The van der Waals surface area contributed by atoms with E-state index in [1.54, 1.807) is 4.90 Å². The summed E-state index contributed by atoms with van der Waals surface area (Å²) in [5.74, 6) is 2.19. The fourth-order valence-electron chi connectivity index (χ4n) is 6.70. The van der Waals surface area contributed by atoms with Gasteiger partial charge in [-0.25, -0.2) is 4.79 Å². The summed E-state index contributed by atoms with van der Waals surface area (Å²) in [6, 6.07) is 17.5. The van der Waals surface area contributed by atoms with Crippen molar-refractivity contribution in [2.45, 2.75) is 105 Å². The SMILES string of the molecule is CC.CC(C)(C)OC(=O)N1CCC(CC(=O)N2CCN(C(c3ccccc3)c3ccc(OCC4CC4)c(P)c3)CC2C(C)(C)C)CC1. The maximum absolute atomic E-state index is 13.9. The van der Waals surface area contributed by atoms with Crippen molar-refractivity contribution in [3.63, 3.8) is 0 Å². The first-order valence-electron chi connectivity index (χ1n) is 17.9. The Morgan fingerprint density at radius 3 is 2.09 bits per heavy atom. The van der Waals surface area contributed by atoms with E-state index in [9.17, 15) is 9.59 Å². The van der Waals surface area contributed by atoms with Crippen molar-refractivity contribution in [3.8, 4) is 5.75 Å². The van der Waals surface area contributed by atoms with Crippen LogP contribution in [0.25, 0.3) is 0 Å². The van der Waals surface area contributed by atoms with Crippen LogP contribution in [0.1, 0.15) is 105 Å². The highest BCUT2D eigenvalue weighted by Crippen LogP contribution is 2.37. The predicted octanol–water partition coefficient (Wildman–Crippen LogP) is 7.69. The Kier molecular flexibility index (Phi) is 12.8. The highest BCUT2D eigenvalue weighted by Gasteiger charge is 2.41. The third-order valence-corrected chi connectivity index (χ3v) is 9.91. The summed E-state index contributed by atoms with van der Waals surface area (Å²) in [7, 11) is 2.89. The van der Waals surface area contributed by atoms with E-state index in [0.29, 0.717) is 32.0 Å². The molecule has 2 aromatic carbocycles. The maximum Gasteiger partial charge on any atom is 0.410 e. The van der Waals surface area contributed by atoms with Crippen molar-refractivity contribution < 1.29 is 19.1 Å². The van der Waals surface area contributed by atoms with Gasteiger partial charge >= 0.3 is 6.09 Å². The first-order valence-corrected chi connectivity index (χ1v) is 18.4. The van der Waals surface area contributed by atoms with Crippen LogP contribution in [0.5, 0.6) is 5.75 Å². The average Bonchev–Trinajstić information content (AvgIpc) is 3.86. The van der Waals surface area contributed by atoms with Gasteiger partial charge in [-0.05, 0) is 87.0 Å². The van der Waals surface area contributed by atoms with Gasteiger partial charge in [-0.1, -0.05) is 71.0 Å². The van der Waals surface area contributed by atoms with Crippen LogP contribution in [0.4, 0.5) is 4.79 Å². The first kappa shape index (κ1) is 37.2. The lowest BCUT2D eigenvalue weighted by molar-refractivity contribution is -0.141. The van der Waals surface area contributed by atoms with Gasteiger partial charge in [0.25, 0.3) is 0 Å². The van der Waals surface area contributed by atoms with Gasteiger partial charge in [-0.15, -0.1) is 9.24 Å². The lowest BCUT2D eigenvalue weighted by atomic mass is 9.82. The summed E-state index contributed by atoms with van der Waals surface area (Å²) in [5.41, 5.74) is 1.92. The zero-order valence-electron chi connectivity index (χ0n) is 30.3. The normalized spacial score (nSPS) is 20.2. The summed E-state index contributed by atoms with van der Waals surface area (Å²) in [6.07, 6.45) is 4.50. The molecule has 2 aromatic rings. The van der Waals surface area contributed by atoms with E-state index in [1.165, 1.54) is 24.0 Å². The number of likely N-dealkylation sites (tertiary alicyclic amines) is 1. The maximum atomic E-state index is 13.9. The first-order chi connectivity index (χ1) is 22.3. The van der Waals surface area contributed by atoms with Gasteiger partial charge in [0.2, 0.25) is 5.91 Å². The molecular weight excluding hydrogens is 605 g/mol. The second kappa shape index (κ2) is 16.2. The van der Waals surface area contributed by atoms with Gasteiger partial charge < -0.3 is 19.3 Å². The molecule has 0 bridgehead atoms. The smallest absolute Gasteiger partial charge is 0.410 e. The average molecular weight is 666 g/mol. The molecule has 1 saturated carbocycles. The predicted molar refractivity (Wildman–Crippen MR) is 195 cm³/mol. The number of benzene rings is 2. The summed E-state index contributed by atoms with van der Waals surface area (Å²) >= 11 is 0. The molecule has 47 heavy (non-hydrogen) atoms. The summed E-state index contributed by atoms with van der Waals surface area (Å²) in [6.45, 7) is 20.9. The van der Waals surface area contributed by atoms with Gasteiger partial charge in [0, 0.05) is 50.5 Å². The van der Waals surface area contributed by atoms with Crippen LogP contribution >= 0.6 is 9.24 Å². The van der Waals surface area contributed by atoms with Crippen LogP contribution in [0.3, 0.4) is 0 Å². The third kappa shape index (κ3) is 10.4. The van der Waals surface area contributed by atoms with Crippen molar-refractivity contribution in [1.82, 2.24) is 14.7 Å². The van der Waals surface area contributed by atoms with E-state index in [2.05, 4.69) is 88.3 Å². The van der Waals surface area contributed by atoms with Crippen LogP contribution in [0.2, 0.25) is 0 Å². The molecule has 5 rings (SSSR count). The van der Waals surface area contributed by atoms with Crippen LogP contribution < -0.4 is 10.0 Å². The molecule has 2 saturated heterocycles. The number of hydrogen-bond acceptors (Lipinski definition) is 5. The number of carbonyl (C=O) groups is 2. The van der Waals surface area contributed by atoms with E-state index in [-0.39, 0.29) is 35.4 Å². The highest BCUT2D eigenvalue weighted by atomic mass is 31.0. The Morgan fingerprint density at radius 1 is 0.851 bits per heavy atom. The van der Waals surface area contributed by atoms with E-state index >= 15 is 0 Å². The fraction of sp³-hybridized carbons (Fsp3) is 0.641. The topological polar surface area (TPSA) is 62.3 Å². The zero-order valence-corrected chi connectivity index (χ0v) is 31.4. The molecule has 0 N–H and O–H groups in total. The molecule has 2 heterocycles. The second-order valence-corrected chi connectivity index (χ2v) is 16.1. The van der Waals surface area contributed by atoms with Gasteiger partial charge in [-0.3, -0.25) is 9.69 Å². The van der Waals surface area contributed by atoms with Crippen LogP contribution in [-0.4, -0.2) is 77.7 Å². The number of piperidine rings is 1. The van der Waals surface area contributed by atoms with E-state index in [0.717, 1.165) is 43.6 Å². The summed E-state index contributed by atoms with van der Waals surface area (Å²) in [5, 5.41) is 1.09. The number of hydrogen-bond donors (Lipinski definition) is 0. The Bertz CT molecular complexity index is 1310. The molecule has 0 aromatic heterocycles. The third-order valence-electron chi connectivity index (χ3n) is 9.46. The minimum atomic E-state index is -0.501. The Labute approximate surface area is 286 Å². The van der Waals surface area contributed by atoms with Gasteiger partial charge in [0.05, 0.1) is 12.6 Å². The number of rotatable bonds is 8. The van der Waals surface area contributed by atoms with Crippen LogP contribution in [0, 0.1) is 17.3 Å². The van der Waals surface area contributed by atoms with Crippen molar-refractivity contribution in [2.75, 3.05) is 39.3 Å². The molecule has 1 aliphatic carbocycles. The monoisotopic (exact) mass is 665 g/mol. The number of ether oxygens (including phenoxy) is 2. The largest absolute Gasteiger partial charge is 0.493 e. The molecular formula is C39H60N3O4P. The Hall–Kier alpha value is -2.63. The molecule has 260 valence electrons. The molecule has 2 aliphatic heterocycles. The van der Waals surface area contributed by atoms with Crippen molar-refractivity contribution in [3.05, 3.63) is 59.7 Å². The van der Waals surface area contributed by atoms with Gasteiger partial charge in [0.15, 0.2) is 0 Å². The van der Waals surface area contributed by atoms with E-state index in [4.69, 9.17) is 9.47 Å². The van der Waals surface area contributed by atoms with Crippen molar-refractivity contribution in [2.24, 2.45) is 17.3 Å². The molecule has 0 spiro atoms. The number of piperazine rings is 1. The molecule has 8 heteroatoms. The van der Waals surface area contributed by atoms with E-state index < -0.39 is 5.60 Å². The second-order valence-electron chi connectivity index (χ2n) is 15.4. The lowest BCUT2D eigenvalue weighted by Crippen LogP contribution is -2.60. The minimum Gasteiger partial charge on any atom is -0.493 e. The summed E-state index contributed by atoms with van der Waals surface area (Å²) in [4.78, 5) is 33.0. The fourth-order valence-corrected chi connectivity index (χ4v) is 7.07. The quantitative estimate of drug-likeness (QED) is 0.271.